The molecule has 1 amide bonds. The summed E-state index contributed by atoms with van der Waals surface area (Å²) in [5.41, 5.74) is 0. The summed E-state index contributed by atoms with van der Waals surface area (Å²) in [5.74, 6) is 0.959. The lowest BCUT2D eigenvalue weighted by atomic mass is 10.6. The average molecular weight is 199 g/mol. The van der Waals surface area contributed by atoms with Crippen molar-refractivity contribution in [3.8, 4) is 0 Å². The molecule has 0 spiro atoms. The van der Waals surface area contributed by atoms with Crippen LogP contribution >= 0.6 is 11.8 Å². The second-order valence-electron chi connectivity index (χ2n) is 2.85. The number of H-pyrrole nitrogens is 1. The Balaban J connectivity index is 2.26. The van der Waals surface area contributed by atoms with Crippen LogP contribution in [-0.2, 0) is 4.79 Å². The van der Waals surface area contributed by atoms with Crippen molar-refractivity contribution in [1.82, 2.24) is 9.97 Å². The van der Waals surface area contributed by atoms with Gasteiger partial charge in [0.25, 0.3) is 0 Å². The maximum atomic E-state index is 11.2. The number of nitrogens with zero attached hydrogens (tertiary/aromatic N) is 1. The Morgan fingerprint density at radius 2 is 2.54 bits per heavy atom. The molecule has 0 aliphatic heterocycles. The predicted molar refractivity (Wildman–Crippen MR) is 54.8 cm³/mol. The van der Waals surface area contributed by atoms with Gasteiger partial charge in [-0.1, -0.05) is 13.8 Å². The molecule has 4 nitrogen and oxygen atoms in total. The van der Waals surface area contributed by atoms with Crippen LogP contribution in [0.4, 0.5) is 5.95 Å². The third kappa shape index (κ3) is 3.98. The Hall–Kier alpha value is -0.970. The molecule has 72 valence electrons. The van der Waals surface area contributed by atoms with Crippen molar-refractivity contribution in [3.05, 3.63) is 12.4 Å². The van der Waals surface area contributed by atoms with Crippen LogP contribution in [0.2, 0.25) is 0 Å². The van der Waals surface area contributed by atoms with Gasteiger partial charge >= 0.3 is 0 Å². The molecule has 1 rings (SSSR count). The zero-order chi connectivity index (χ0) is 9.68. The first kappa shape index (κ1) is 10.1. The average Bonchev–Trinajstić information content (AvgIpc) is 2.53. The van der Waals surface area contributed by atoms with E-state index in [2.05, 4.69) is 29.1 Å². The highest BCUT2D eigenvalue weighted by atomic mass is 32.2. The third-order valence-corrected chi connectivity index (χ3v) is 2.40. The van der Waals surface area contributed by atoms with Crippen molar-refractivity contribution < 1.29 is 4.79 Å². The highest BCUT2D eigenvalue weighted by Gasteiger charge is 2.04. The Morgan fingerprint density at radius 1 is 1.77 bits per heavy atom. The fourth-order valence-electron chi connectivity index (χ4n) is 0.744. The molecule has 0 saturated heterocycles. The minimum Gasteiger partial charge on any atom is -0.331 e. The van der Waals surface area contributed by atoms with E-state index in [1.54, 1.807) is 24.2 Å². The Morgan fingerprint density at radius 3 is 3.08 bits per heavy atom. The summed E-state index contributed by atoms with van der Waals surface area (Å²) in [7, 11) is 0. The Kier molecular flexibility index (Phi) is 3.82. The SMILES string of the molecule is CC(C)SCC(=O)Nc1ncc[nH]1. The van der Waals surface area contributed by atoms with Gasteiger partial charge in [-0.3, -0.25) is 10.1 Å². The largest absolute Gasteiger partial charge is 0.331 e. The molecule has 1 aromatic rings. The second kappa shape index (κ2) is 4.91. The van der Waals surface area contributed by atoms with Crippen LogP contribution in [0.15, 0.2) is 12.4 Å². The summed E-state index contributed by atoms with van der Waals surface area (Å²) in [6, 6.07) is 0. The van der Waals surface area contributed by atoms with Crippen molar-refractivity contribution in [2.45, 2.75) is 19.1 Å². The third-order valence-electron chi connectivity index (χ3n) is 1.30. The highest BCUT2D eigenvalue weighted by Crippen LogP contribution is 2.08. The van der Waals surface area contributed by atoms with Crippen LogP contribution in [-0.4, -0.2) is 26.9 Å². The summed E-state index contributed by atoms with van der Waals surface area (Å²) in [4.78, 5) is 17.9. The molecule has 2 N–H and O–H groups in total. The summed E-state index contributed by atoms with van der Waals surface area (Å²) in [5, 5.41) is 3.13. The van der Waals surface area contributed by atoms with Gasteiger partial charge in [0, 0.05) is 12.4 Å². The van der Waals surface area contributed by atoms with E-state index in [9.17, 15) is 4.79 Å². The second-order valence-corrected chi connectivity index (χ2v) is 4.41. The molecule has 0 unspecified atom stereocenters. The monoisotopic (exact) mass is 199 g/mol. The molecular weight excluding hydrogens is 186 g/mol. The number of thioether (sulfide) groups is 1. The quantitative estimate of drug-likeness (QED) is 0.772. The molecule has 5 heteroatoms. The van der Waals surface area contributed by atoms with E-state index in [-0.39, 0.29) is 5.91 Å². The predicted octanol–water partition coefficient (Wildman–Crippen LogP) is 1.49. The minimum absolute atomic E-state index is 0.0198. The first-order valence-electron chi connectivity index (χ1n) is 4.09. The Bertz CT molecular complexity index is 258. The molecular formula is C8H13N3OS. The number of rotatable bonds is 4. The summed E-state index contributed by atoms with van der Waals surface area (Å²) in [6.45, 7) is 4.12. The number of carbonyl (C=O) groups is 1. The van der Waals surface area contributed by atoms with Gasteiger partial charge in [0.15, 0.2) is 0 Å². The number of aromatic amines is 1. The van der Waals surface area contributed by atoms with Crippen LogP contribution < -0.4 is 5.32 Å². The smallest absolute Gasteiger partial charge is 0.236 e. The molecule has 0 fully saturated rings. The number of anilines is 1. The van der Waals surface area contributed by atoms with Crippen LogP contribution in [0.3, 0.4) is 0 Å². The fourth-order valence-corrected chi connectivity index (χ4v) is 1.30. The number of imidazole rings is 1. The van der Waals surface area contributed by atoms with Crippen LogP contribution in [0.1, 0.15) is 13.8 Å². The van der Waals surface area contributed by atoms with E-state index in [0.29, 0.717) is 17.0 Å². The maximum absolute atomic E-state index is 11.2. The van der Waals surface area contributed by atoms with Crippen LogP contribution in [0.25, 0.3) is 0 Å². The van der Waals surface area contributed by atoms with Gasteiger partial charge in [-0.15, -0.1) is 11.8 Å². The van der Waals surface area contributed by atoms with Gasteiger partial charge in [0.2, 0.25) is 11.9 Å². The molecule has 0 bridgehead atoms. The lowest BCUT2D eigenvalue weighted by Gasteiger charge is -2.03. The Labute approximate surface area is 81.5 Å². The maximum Gasteiger partial charge on any atom is 0.236 e. The van der Waals surface area contributed by atoms with Crippen molar-refractivity contribution >= 4 is 23.6 Å². The van der Waals surface area contributed by atoms with E-state index in [4.69, 9.17) is 0 Å². The molecule has 0 aliphatic rings. The van der Waals surface area contributed by atoms with Gasteiger partial charge < -0.3 is 4.98 Å². The van der Waals surface area contributed by atoms with Gasteiger partial charge in [0.1, 0.15) is 0 Å². The van der Waals surface area contributed by atoms with Gasteiger partial charge in [-0.05, 0) is 5.25 Å². The number of hydrogen-bond donors (Lipinski definition) is 2. The van der Waals surface area contributed by atoms with E-state index < -0.39 is 0 Å². The van der Waals surface area contributed by atoms with Crippen molar-refractivity contribution in [2.75, 3.05) is 11.1 Å². The van der Waals surface area contributed by atoms with E-state index >= 15 is 0 Å². The highest BCUT2D eigenvalue weighted by molar-refractivity contribution is 8.00. The van der Waals surface area contributed by atoms with E-state index in [0.717, 1.165) is 0 Å². The summed E-state index contributed by atoms with van der Waals surface area (Å²) < 4.78 is 0. The molecule has 1 aromatic heterocycles. The number of amides is 1. The summed E-state index contributed by atoms with van der Waals surface area (Å²) in [6.07, 6.45) is 3.27. The van der Waals surface area contributed by atoms with Crippen LogP contribution in [0, 0.1) is 0 Å². The lowest BCUT2D eigenvalue weighted by molar-refractivity contribution is -0.113. The molecule has 0 aliphatic carbocycles. The van der Waals surface area contributed by atoms with Gasteiger partial charge in [-0.25, -0.2) is 4.98 Å². The number of nitrogens with one attached hydrogen (secondary N) is 2. The molecule has 0 radical (unpaired) electrons. The topological polar surface area (TPSA) is 57.8 Å². The first-order valence-corrected chi connectivity index (χ1v) is 5.14. The molecule has 0 atom stereocenters. The van der Waals surface area contributed by atoms with Crippen LogP contribution in [0.5, 0.6) is 0 Å². The normalized spacial score (nSPS) is 10.4. The van der Waals surface area contributed by atoms with Gasteiger partial charge in [-0.2, -0.15) is 0 Å². The van der Waals surface area contributed by atoms with Crippen molar-refractivity contribution in [2.24, 2.45) is 0 Å². The van der Waals surface area contributed by atoms with E-state index in [1.807, 2.05) is 0 Å². The zero-order valence-electron chi connectivity index (χ0n) is 7.70. The van der Waals surface area contributed by atoms with Crippen molar-refractivity contribution in [1.29, 1.82) is 0 Å². The van der Waals surface area contributed by atoms with E-state index in [1.165, 1.54) is 0 Å². The summed E-state index contributed by atoms with van der Waals surface area (Å²) >= 11 is 1.61. The lowest BCUT2D eigenvalue weighted by Crippen LogP contribution is -2.16. The number of carbonyl (C=O) groups excluding carboxylic acids is 1. The standard InChI is InChI=1S/C8H13N3OS/c1-6(2)13-5-7(12)11-8-9-3-4-10-8/h3-4,6H,5H2,1-2H3,(H2,9,10,11,12). The number of aromatic nitrogens is 2. The molecule has 13 heavy (non-hydrogen) atoms. The number of hydrogen-bond acceptors (Lipinski definition) is 3. The first-order chi connectivity index (χ1) is 6.18. The molecule has 0 aromatic carbocycles. The minimum atomic E-state index is -0.0198. The fraction of sp³-hybridized carbons (Fsp3) is 0.500. The molecule has 1 heterocycles. The zero-order valence-corrected chi connectivity index (χ0v) is 8.52. The van der Waals surface area contributed by atoms with Crippen molar-refractivity contribution in [3.63, 3.8) is 0 Å². The molecule has 0 saturated carbocycles. The van der Waals surface area contributed by atoms with Gasteiger partial charge in [0.05, 0.1) is 5.75 Å².